The molecule has 98 valence electrons. The van der Waals surface area contributed by atoms with Crippen molar-refractivity contribution in [2.45, 2.75) is 11.4 Å². The van der Waals surface area contributed by atoms with Crippen LogP contribution in [-0.4, -0.2) is 47.3 Å². The Labute approximate surface area is 109 Å². The number of nitrogens with zero attached hydrogens (tertiary/aromatic N) is 2. The summed E-state index contributed by atoms with van der Waals surface area (Å²) in [5, 5.41) is 4.27. The zero-order valence-corrected chi connectivity index (χ0v) is 10.8. The zero-order chi connectivity index (χ0) is 13.2. The summed E-state index contributed by atoms with van der Waals surface area (Å²) in [6, 6.07) is 0.441. The number of sulfone groups is 1. The first-order valence-electron chi connectivity index (χ1n) is 5.15. The fraction of sp³-hybridized carbons (Fsp3) is 0.444. The van der Waals surface area contributed by atoms with Gasteiger partial charge in [0.2, 0.25) is 5.95 Å². The van der Waals surface area contributed by atoms with Gasteiger partial charge < -0.3 is 5.32 Å². The van der Waals surface area contributed by atoms with Gasteiger partial charge in [-0.25, -0.2) is 23.2 Å². The van der Waals surface area contributed by atoms with Crippen LogP contribution >= 0.6 is 11.6 Å². The third-order valence-corrected chi connectivity index (χ3v) is 4.77. The Hall–Kier alpha value is -1.41. The molecular weight excluding hydrogens is 280 g/mol. The Morgan fingerprint density at radius 3 is 2.56 bits per heavy atom. The number of carbonyl (C=O) groups is 1. The Morgan fingerprint density at radius 1 is 1.33 bits per heavy atom. The number of rotatable bonds is 2. The summed E-state index contributed by atoms with van der Waals surface area (Å²) in [6.07, 6.45) is 2.96. The predicted octanol–water partition coefficient (Wildman–Crippen LogP) is 0.00250. The molecule has 1 aromatic heterocycles. The number of carbonyl (C=O) groups excluding carboxylic acids is 1. The molecule has 1 saturated heterocycles. The molecule has 18 heavy (non-hydrogen) atoms. The van der Waals surface area contributed by atoms with Gasteiger partial charge in [-0.15, -0.1) is 11.6 Å². The van der Waals surface area contributed by atoms with Crippen LogP contribution in [0.3, 0.4) is 0 Å². The Bertz CT molecular complexity index is 536. The number of hydrogen-bond donors (Lipinski definition) is 2. The van der Waals surface area contributed by atoms with Crippen molar-refractivity contribution in [1.82, 2.24) is 15.3 Å². The van der Waals surface area contributed by atoms with Crippen LogP contribution in [0.15, 0.2) is 18.5 Å². The first-order valence-corrected chi connectivity index (χ1v) is 7.41. The molecule has 2 N–H and O–H groups in total. The molecule has 2 rings (SSSR count). The second-order valence-electron chi connectivity index (χ2n) is 3.87. The second kappa shape index (κ2) is 5.07. The Balaban J connectivity index is 1.93. The lowest BCUT2D eigenvalue weighted by molar-refractivity contribution is 0.249. The first kappa shape index (κ1) is 13.0. The van der Waals surface area contributed by atoms with Gasteiger partial charge >= 0.3 is 6.03 Å². The molecule has 1 aromatic rings. The van der Waals surface area contributed by atoms with Crippen molar-refractivity contribution < 1.29 is 13.2 Å². The van der Waals surface area contributed by atoms with E-state index in [1.807, 2.05) is 0 Å². The van der Waals surface area contributed by atoms with Crippen LogP contribution in [0.5, 0.6) is 0 Å². The molecule has 0 unspecified atom stereocenters. The van der Waals surface area contributed by atoms with Crippen LogP contribution in [0.4, 0.5) is 10.7 Å². The summed E-state index contributed by atoms with van der Waals surface area (Å²) in [5.74, 6) is -0.132. The first-order chi connectivity index (χ1) is 8.46. The third-order valence-electron chi connectivity index (χ3n) is 2.39. The van der Waals surface area contributed by atoms with Crippen molar-refractivity contribution >= 4 is 33.4 Å². The summed E-state index contributed by atoms with van der Waals surface area (Å²) < 4.78 is 22.6. The van der Waals surface area contributed by atoms with E-state index in [9.17, 15) is 13.2 Å². The van der Waals surface area contributed by atoms with Gasteiger partial charge in [-0.1, -0.05) is 0 Å². The van der Waals surface area contributed by atoms with Crippen molar-refractivity contribution in [2.75, 3.05) is 16.8 Å². The largest absolute Gasteiger partial charge is 0.333 e. The van der Waals surface area contributed by atoms with Crippen molar-refractivity contribution in [2.24, 2.45) is 0 Å². The maximum atomic E-state index is 11.6. The van der Waals surface area contributed by atoms with Crippen molar-refractivity contribution in [3.05, 3.63) is 18.5 Å². The summed E-state index contributed by atoms with van der Waals surface area (Å²) >= 11 is 5.86. The van der Waals surface area contributed by atoms with Crippen LogP contribution < -0.4 is 10.6 Å². The van der Waals surface area contributed by atoms with Crippen molar-refractivity contribution in [3.63, 3.8) is 0 Å². The quantitative estimate of drug-likeness (QED) is 0.747. The molecular formula is C9H11ClN4O3S. The molecule has 1 fully saturated rings. The smallest absolute Gasteiger partial charge is 0.321 e. The highest BCUT2D eigenvalue weighted by molar-refractivity contribution is 7.91. The number of hydrogen-bond acceptors (Lipinski definition) is 5. The molecule has 2 atom stereocenters. The van der Waals surface area contributed by atoms with E-state index in [0.29, 0.717) is 0 Å². The number of amides is 2. The molecule has 0 bridgehead atoms. The minimum atomic E-state index is -3.17. The Morgan fingerprint density at radius 2 is 2.00 bits per heavy atom. The number of nitrogens with one attached hydrogen (secondary N) is 2. The summed E-state index contributed by atoms with van der Waals surface area (Å²) in [6.45, 7) is 0. The van der Waals surface area contributed by atoms with Crippen LogP contribution in [0.2, 0.25) is 0 Å². The molecule has 0 radical (unpaired) electrons. The van der Waals surface area contributed by atoms with Crippen molar-refractivity contribution in [3.8, 4) is 0 Å². The van der Waals surface area contributed by atoms with Crippen LogP contribution in [0.1, 0.15) is 0 Å². The van der Waals surface area contributed by atoms with Crippen LogP contribution in [0, 0.1) is 0 Å². The standard InChI is InChI=1S/C9H11ClN4O3S/c10-6-4-18(16,17)5-7(6)13-9(15)14-8-11-2-1-3-12-8/h1-3,6-7H,4-5H2,(H2,11,12,13,14,15)/t6-,7+/m0/s1. The van der Waals surface area contributed by atoms with Gasteiger partial charge in [-0.05, 0) is 6.07 Å². The topological polar surface area (TPSA) is 101 Å². The number of alkyl halides is 1. The molecule has 1 aliphatic heterocycles. The van der Waals surface area contributed by atoms with E-state index in [0.717, 1.165) is 0 Å². The lowest BCUT2D eigenvalue weighted by Gasteiger charge is -2.14. The average molecular weight is 291 g/mol. The molecule has 2 amide bonds. The fourth-order valence-electron chi connectivity index (χ4n) is 1.61. The fourth-order valence-corrected chi connectivity index (χ4v) is 4.16. The number of anilines is 1. The van der Waals surface area contributed by atoms with Crippen LogP contribution in [-0.2, 0) is 9.84 Å². The SMILES string of the molecule is O=C(Nc1ncccn1)N[C@@H]1CS(=O)(=O)C[C@@H]1Cl. The number of aromatic nitrogens is 2. The Kier molecular flexibility index (Phi) is 3.67. The molecule has 0 aromatic carbocycles. The zero-order valence-electron chi connectivity index (χ0n) is 9.21. The molecule has 7 nitrogen and oxygen atoms in total. The van der Waals surface area contributed by atoms with E-state index >= 15 is 0 Å². The highest BCUT2D eigenvalue weighted by Crippen LogP contribution is 2.17. The number of halogens is 1. The van der Waals surface area contributed by atoms with E-state index in [1.54, 1.807) is 6.07 Å². The minimum absolute atomic E-state index is 0.124. The molecule has 1 aliphatic rings. The highest BCUT2D eigenvalue weighted by Gasteiger charge is 2.37. The summed E-state index contributed by atoms with van der Waals surface area (Å²) in [4.78, 5) is 19.2. The van der Waals surface area contributed by atoms with Gasteiger partial charge in [0.25, 0.3) is 0 Å². The van der Waals surface area contributed by atoms with Gasteiger partial charge in [0, 0.05) is 12.4 Å². The molecule has 0 spiro atoms. The van der Waals surface area contributed by atoms with Gasteiger partial charge in [0.1, 0.15) is 0 Å². The highest BCUT2D eigenvalue weighted by atomic mass is 35.5. The predicted molar refractivity (Wildman–Crippen MR) is 66.3 cm³/mol. The molecule has 9 heteroatoms. The maximum Gasteiger partial charge on any atom is 0.321 e. The normalized spacial score (nSPS) is 25.6. The van der Waals surface area contributed by atoms with Gasteiger partial charge in [-0.2, -0.15) is 0 Å². The van der Waals surface area contributed by atoms with E-state index < -0.39 is 27.3 Å². The van der Waals surface area contributed by atoms with E-state index in [-0.39, 0.29) is 17.5 Å². The lowest BCUT2D eigenvalue weighted by Crippen LogP contribution is -2.43. The second-order valence-corrected chi connectivity index (χ2v) is 6.58. The van der Waals surface area contributed by atoms with Gasteiger partial charge in [-0.3, -0.25) is 5.32 Å². The summed E-state index contributed by atoms with van der Waals surface area (Å²) in [5.41, 5.74) is 0. The monoisotopic (exact) mass is 290 g/mol. The molecule has 0 aliphatic carbocycles. The minimum Gasteiger partial charge on any atom is -0.333 e. The van der Waals surface area contributed by atoms with Crippen molar-refractivity contribution in [1.29, 1.82) is 0 Å². The number of urea groups is 1. The van der Waals surface area contributed by atoms with Crippen LogP contribution in [0.25, 0.3) is 0 Å². The van der Waals surface area contributed by atoms with Gasteiger partial charge in [0.05, 0.1) is 22.9 Å². The summed E-state index contributed by atoms with van der Waals surface area (Å²) in [7, 11) is -3.17. The van der Waals surface area contributed by atoms with E-state index in [2.05, 4.69) is 20.6 Å². The van der Waals surface area contributed by atoms with E-state index in [4.69, 9.17) is 11.6 Å². The maximum absolute atomic E-state index is 11.6. The molecule has 2 heterocycles. The third kappa shape index (κ3) is 3.30. The molecule has 0 saturated carbocycles. The van der Waals surface area contributed by atoms with Gasteiger partial charge in [0.15, 0.2) is 9.84 Å². The van der Waals surface area contributed by atoms with E-state index in [1.165, 1.54) is 12.4 Å². The average Bonchev–Trinajstić information content (AvgIpc) is 2.53. The lowest BCUT2D eigenvalue weighted by atomic mass is 10.2.